The maximum Gasteiger partial charge on any atom is 0.494 e. The highest BCUT2D eigenvalue weighted by Crippen LogP contribution is 2.37. The van der Waals surface area contributed by atoms with Crippen molar-refractivity contribution in [3.05, 3.63) is 29.8 Å². The summed E-state index contributed by atoms with van der Waals surface area (Å²) in [6, 6.07) is 8.50. The van der Waals surface area contributed by atoms with Gasteiger partial charge in [0.1, 0.15) is 6.61 Å². The van der Waals surface area contributed by atoms with E-state index in [9.17, 15) is 9.59 Å². The lowest BCUT2D eigenvalue weighted by Gasteiger charge is -2.46. The third kappa shape index (κ3) is 3.86. The van der Waals surface area contributed by atoms with Crippen molar-refractivity contribution in [1.29, 1.82) is 0 Å². The van der Waals surface area contributed by atoms with Gasteiger partial charge < -0.3 is 23.8 Å². The van der Waals surface area contributed by atoms with Crippen LogP contribution in [0.25, 0.3) is 0 Å². The topological polar surface area (TPSA) is 68.3 Å². The molecule has 4 saturated heterocycles. The molecular weight excluding hydrogens is 407 g/mol. The number of carbonyl (C=O) groups excluding carboxylic acids is 2. The summed E-state index contributed by atoms with van der Waals surface area (Å²) in [5, 5.41) is 0. The fourth-order valence-electron chi connectivity index (χ4n) is 5.10. The first-order valence-corrected chi connectivity index (χ1v) is 11.8. The number of fused-ring (bicyclic) bond motifs is 1. The standard InChI is InChI=1S/C24H33BN2O5/c1-23(2)24(3,4)32-25(31-23)19-7-5-16(6-8-19)18-13-27(14-18)22(29)26-10-9-21-17(12-26)11-20(28)15-30-21/h5-8,17-18,21H,9-15H2,1-4H3/t17-,21+/m1/s1. The fraction of sp³-hybridized carbons (Fsp3) is 0.667. The molecule has 5 rings (SSSR count). The number of nitrogens with zero attached hydrogens (tertiary/aromatic N) is 2. The van der Waals surface area contributed by atoms with E-state index in [1.165, 1.54) is 5.56 Å². The zero-order valence-corrected chi connectivity index (χ0v) is 19.5. The molecule has 2 amide bonds. The van der Waals surface area contributed by atoms with Crippen LogP contribution >= 0.6 is 0 Å². The number of urea groups is 1. The molecule has 1 aromatic rings. The summed E-state index contributed by atoms with van der Waals surface area (Å²) in [6.45, 7) is 11.3. The Hall–Kier alpha value is -1.90. The van der Waals surface area contributed by atoms with E-state index in [1.54, 1.807) is 0 Å². The second-order valence-corrected chi connectivity index (χ2v) is 10.7. The van der Waals surface area contributed by atoms with Gasteiger partial charge in [0.05, 0.1) is 17.3 Å². The predicted octanol–water partition coefficient (Wildman–Crippen LogP) is 2.18. The Bertz CT molecular complexity index is 880. The first kappa shape index (κ1) is 21.9. The Morgan fingerprint density at radius 2 is 1.66 bits per heavy atom. The maximum absolute atomic E-state index is 13.0. The van der Waals surface area contributed by atoms with Gasteiger partial charge >= 0.3 is 13.1 Å². The van der Waals surface area contributed by atoms with Crippen molar-refractivity contribution < 1.29 is 23.6 Å². The van der Waals surface area contributed by atoms with Crippen LogP contribution in [-0.4, -0.2) is 78.8 Å². The number of ether oxygens (including phenoxy) is 1. The third-order valence-corrected chi connectivity index (χ3v) is 7.97. The van der Waals surface area contributed by atoms with Gasteiger partial charge in [-0.3, -0.25) is 4.79 Å². The van der Waals surface area contributed by atoms with Crippen LogP contribution in [0.3, 0.4) is 0 Å². The minimum atomic E-state index is -0.355. The van der Waals surface area contributed by atoms with E-state index in [0.717, 1.165) is 25.0 Å². The molecule has 8 heteroatoms. The Morgan fingerprint density at radius 3 is 2.31 bits per heavy atom. The van der Waals surface area contributed by atoms with Crippen LogP contribution in [0.1, 0.15) is 52.0 Å². The predicted molar refractivity (Wildman–Crippen MR) is 121 cm³/mol. The summed E-state index contributed by atoms with van der Waals surface area (Å²) >= 11 is 0. The maximum atomic E-state index is 13.0. The average molecular weight is 440 g/mol. The summed E-state index contributed by atoms with van der Waals surface area (Å²) in [5.74, 6) is 0.644. The Morgan fingerprint density at radius 1 is 1.00 bits per heavy atom. The largest absolute Gasteiger partial charge is 0.494 e. The van der Waals surface area contributed by atoms with Gasteiger partial charge in [-0.05, 0) is 45.1 Å². The number of amides is 2. The number of hydrogen-bond donors (Lipinski definition) is 0. The van der Waals surface area contributed by atoms with Crippen LogP contribution in [0.15, 0.2) is 24.3 Å². The van der Waals surface area contributed by atoms with E-state index < -0.39 is 0 Å². The number of hydrogen-bond acceptors (Lipinski definition) is 5. The van der Waals surface area contributed by atoms with E-state index in [2.05, 4.69) is 52.0 Å². The summed E-state index contributed by atoms with van der Waals surface area (Å²) in [6.07, 6.45) is 1.48. The molecule has 0 radical (unpaired) electrons. The number of ketones is 1. The lowest BCUT2D eigenvalue weighted by molar-refractivity contribution is -0.140. The van der Waals surface area contributed by atoms with Crippen molar-refractivity contribution in [3.63, 3.8) is 0 Å². The number of benzene rings is 1. The normalized spacial score (nSPS) is 29.6. The third-order valence-electron chi connectivity index (χ3n) is 7.97. The van der Waals surface area contributed by atoms with Crippen LogP contribution in [0.2, 0.25) is 0 Å². The first-order chi connectivity index (χ1) is 15.1. The van der Waals surface area contributed by atoms with E-state index >= 15 is 0 Å². The molecule has 0 aliphatic carbocycles. The average Bonchev–Trinajstić information content (AvgIpc) is 2.94. The van der Waals surface area contributed by atoms with Crippen LogP contribution in [0.4, 0.5) is 4.79 Å². The Labute approximate surface area is 190 Å². The number of Topliss-reactive ketones (excluding diaryl/α,β-unsaturated/α-hetero) is 1. The molecule has 4 fully saturated rings. The van der Waals surface area contributed by atoms with E-state index in [4.69, 9.17) is 14.0 Å². The lowest BCUT2D eigenvalue weighted by atomic mass is 9.78. The minimum Gasteiger partial charge on any atom is -0.399 e. The molecule has 7 nitrogen and oxygen atoms in total. The molecule has 0 spiro atoms. The van der Waals surface area contributed by atoms with Crippen LogP contribution in [0, 0.1) is 5.92 Å². The highest BCUT2D eigenvalue weighted by atomic mass is 16.7. The Balaban J connectivity index is 1.15. The van der Waals surface area contributed by atoms with Gasteiger partial charge in [-0.2, -0.15) is 0 Å². The molecule has 0 aromatic heterocycles. The van der Waals surface area contributed by atoms with E-state index in [1.807, 2.05) is 9.80 Å². The summed E-state index contributed by atoms with van der Waals surface area (Å²) < 4.78 is 17.9. The molecule has 4 heterocycles. The van der Waals surface area contributed by atoms with Gasteiger partial charge in [0, 0.05) is 44.4 Å². The molecule has 4 aliphatic rings. The molecule has 0 unspecified atom stereocenters. The summed E-state index contributed by atoms with van der Waals surface area (Å²) in [7, 11) is -0.355. The van der Waals surface area contributed by atoms with Crippen molar-refractivity contribution in [2.75, 3.05) is 32.8 Å². The Kier molecular flexibility index (Phi) is 5.38. The minimum absolute atomic E-state index is 0.0894. The van der Waals surface area contributed by atoms with E-state index in [-0.39, 0.29) is 48.8 Å². The number of piperidine rings is 1. The molecule has 0 N–H and O–H groups in total. The summed E-state index contributed by atoms with van der Waals surface area (Å²) in [5.41, 5.74) is 1.55. The van der Waals surface area contributed by atoms with Crippen molar-refractivity contribution in [2.24, 2.45) is 5.92 Å². The smallest absolute Gasteiger partial charge is 0.399 e. The molecule has 4 aliphatic heterocycles. The van der Waals surface area contributed by atoms with Gasteiger partial charge in [0.2, 0.25) is 0 Å². The fourth-order valence-corrected chi connectivity index (χ4v) is 5.10. The molecule has 172 valence electrons. The van der Waals surface area contributed by atoms with E-state index in [0.29, 0.717) is 25.4 Å². The van der Waals surface area contributed by atoms with Crippen LogP contribution in [0.5, 0.6) is 0 Å². The van der Waals surface area contributed by atoms with Gasteiger partial charge in [-0.25, -0.2) is 4.79 Å². The summed E-state index contributed by atoms with van der Waals surface area (Å²) in [4.78, 5) is 28.5. The molecular formula is C24H33BN2O5. The van der Waals surface area contributed by atoms with Gasteiger partial charge in [0.15, 0.2) is 5.78 Å². The molecule has 2 atom stereocenters. The monoisotopic (exact) mass is 440 g/mol. The highest BCUT2D eigenvalue weighted by Gasteiger charge is 2.51. The molecule has 1 aromatic carbocycles. The SMILES string of the molecule is CC1(C)OB(c2ccc(C3CN(C(=O)N4CC[C@@H]5OCC(=O)C[C@@H]5C4)C3)cc2)OC1(C)C. The quantitative estimate of drug-likeness (QED) is 0.660. The molecule has 0 saturated carbocycles. The lowest BCUT2D eigenvalue weighted by Crippen LogP contribution is -2.58. The number of carbonyl (C=O) groups is 2. The number of rotatable bonds is 2. The van der Waals surface area contributed by atoms with Crippen molar-refractivity contribution in [2.45, 2.75) is 63.8 Å². The van der Waals surface area contributed by atoms with Crippen molar-refractivity contribution >= 4 is 24.4 Å². The molecule has 0 bridgehead atoms. The molecule has 32 heavy (non-hydrogen) atoms. The van der Waals surface area contributed by atoms with Crippen molar-refractivity contribution in [3.8, 4) is 0 Å². The van der Waals surface area contributed by atoms with Crippen LogP contribution in [-0.2, 0) is 18.8 Å². The first-order valence-electron chi connectivity index (χ1n) is 11.8. The number of likely N-dealkylation sites (tertiary alicyclic amines) is 2. The van der Waals surface area contributed by atoms with Gasteiger partial charge in [-0.1, -0.05) is 24.3 Å². The highest BCUT2D eigenvalue weighted by molar-refractivity contribution is 6.62. The van der Waals surface area contributed by atoms with Crippen LogP contribution < -0.4 is 5.46 Å². The van der Waals surface area contributed by atoms with Gasteiger partial charge in [-0.15, -0.1) is 0 Å². The second kappa shape index (κ2) is 7.85. The van der Waals surface area contributed by atoms with Crippen molar-refractivity contribution in [1.82, 2.24) is 9.80 Å². The zero-order chi connectivity index (χ0) is 22.7. The second-order valence-electron chi connectivity index (χ2n) is 10.7. The zero-order valence-electron chi connectivity index (χ0n) is 19.5. The van der Waals surface area contributed by atoms with Gasteiger partial charge in [0.25, 0.3) is 0 Å².